The molecule has 0 aliphatic carbocycles. The molecule has 1 saturated heterocycles. The van der Waals surface area contributed by atoms with E-state index in [0.717, 1.165) is 25.7 Å². The summed E-state index contributed by atoms with van der Waals surface area (Å²) < 4.78 is 5.60. The number of hydrogen-bond acceptors (Lipinski definition) is 5. The largest absolute Gasteiger partial charge is 0.481 e. The molecule has 0 radical (unpaired) electrons. The Hall–Kier alpha value is -0.950. The quantitative estimate of drug-likeness (QED) is 0.319. The number of rotatable bonds is 12. The number of unbranched alkanes of at least 4 members (excludes halogenated alkanes) is 4. The number of aliphatic carboxylic acids is 1. The third-order valence-electron chi connectivity index (χ3n) is 4.46. The SMILES string of the molecule is CC[C@H]1O[C@@H]([C@@H](O)C=C[C@@H](O)CCCCCCCC(=O)O)C[C@@H]1O. The van der Waals surface area contributed by atoms with Crippen LogP contribution in [0, 0.1) is 0 Å². The van der Waals surface area contributed by atoms with Crippen LogP contribution in [0.3, 0.4) is 0 Å². The normalized spacial score (nSPS) is 26.8. The van der Waals surface area contributed by atoms with E-state index in [1.807, 2.05) is 6.92 Å². The van der Waals surface area contributed by atoms with Gasteiger partial charge in [-0.3, -0.25) is 4.79 Å². The first-order valence-corrected chi connectivity index (χ1v) is 9.03. The molecule has 4 N–H and O–H groups in total. The van der Waals surface area contributed by atoms with E-state index in [0.29, 0.717) is 25.7 Å². The highest BCUT2D eigenvalue weighted by atomic mass is 16.5. The topological polar surface area (TPSA) is 107 Å². The van der Waals surface area contributed by atoms with Gasteiger partial charge in [-0.15, -0.1) is 0 Å². The van der Waals surface area contributed by atoms with Gasteiger partial charge in [0.15, 0.2) is 0 Å². The predicted octanol–water partition coefficient (Wildman–Crippen LogP) is 2.01. The van der Waals surface area contributed by atoms with E-state index in [9.17, 15) is 20.1 Å². The summed E-state index contributed by atoms with van der Waals surface area (Å²) in [7, 11) is 0. The summed E-state index contributed by atoms with van der Waals surface area (Å²) in [6, 6.07) is 0. The number of aliphatic hydroxyl groups excluding tert-OH is 3. The van der Waals surface area contributed by atoms with Gasteiger partial charge >= 0.3 is 5.97 Å². The second-order valence-electron chi connectivity index (χ2n) is 6.57. The maximum absolute atomic E-state index is 10.4. The van der Waals surface area contributed by atoms with Gasteiger partial charge < -0.3 is 25.2 Å². The predicted molar refractivity (Wildman–Crippen MR) is 90.7 cm³/mol. The second kappa shape index (κ2) is 11.6. The summed E-state index contributed by atoms with van der Waals surface area (Å²) in [5.41, 5.74) is 0. The molecule has 6 nitrogen and oxygen atoms in total. The average molecular weight is 344 g/mol. The van der Waals surface area contributed by atoms with Crippen LogP contribution in [-0.2, 0) is 9.53 Å². The molecule has 0 bridgehead atoms. The molecule has 0 aromatic carbocycles. The highest BCUT2D eigenvalue weighted by Crippen LogP contribution is 2.25. The second-order valence-corrected chi connectivity index (χ2v) is 6.57. The van der Waals surface area contributed by atoms with Crippen LogP contribution in [0.4, 0.5) is 0 Å². The van der Waals surface area contributed by atoms with Crippen molar-refractivity contribution < 1.29 is 30.0 Å². The molecule has 1 aliphatic rings. The average Bonchev–Trinajstić information content (AvgIpc) is 2.92. The molecular weight excluding hydrogens is 312 g/mol. The van der Waals surface area contributed by atoms with Gasteiger partial charge in [0.25, 0.3) is 0 Å². The van der Waals surface area contributed by atoms with Crippen LogP contribution >= 0.6 is 0 Å². The van der Waals surface area contributed by atoms with Crippen LogP contribution in [0.5, 0.6) is 0 Å². The number of carboxylic acids is 1. The van der Waals surface area contributed by atoms with E-state index in [1.165, 1.54) is 0 Å². The smallest absolute Gasteiger partial charge is 0.303 e. The van der Waals surface area contributed by atoms with Gasteiger partial charge in [0.05, 0.1) is 30.5 Å². The van der Waals surface area contributed by atoms with Crippen LogP contribution in [0.1, 0.15) is 64.7 Å². The number of ether oxygens (including phenoxy) is 1. The van der Waals surface area contributed by atoms with Gasteiger partial charge in [0.2, 0.25) is 0 Å². The molecule has 24 heavy (non-hydrogen) atoms. The van der Waals surface area contributed by atoms with Crippen LogP contribution in [0.25, 0.3) is 0 Å². The zero-order chi connectivity index (χ0) is 17.9. The molecule has 5 atom stereocenters. The Bertz CT molecular complexity index is 384. The van der Waals surface area contributed by atoms with E-state index in [2.05, 4.69) is 0 Å². The van der Waals surface area contributed by atoms with Gasteiger partial charge in [0.1, 0.15) is 0 Å². The lowest BCUT2D eigenvalue weighted by atomic mass is 10.0. The van der Waals surface area contributed by atoms with Gasteiger partial charge in [-0.1, -0.05) is 44.8 Å². The van der Waals surface area contributed by atoms with Crippen LogP contribution in [0.2, 0.25) is 0 Å². The lowest BCUT2D eigenvalue weighted by molar-refractivity contribution is -0.137. The molecule has 0 saturated carbocycles. The number of carbonyl (C=O) groups is 1. The first kappa shape index (κ1) is 21.1. The summed E-state index contributed by atoms with van der Waals surface area (Å²) in [6.07, 6.45) is 6.92. The van der Waals surface area contributed by atoms with Crippen molar-refractivity contribution in [3.8, 4) is 0 Å². The summed E-state index contributed by atoms with van der Waals surface area (Å²) in [5, 5.41) is 38.3. The Labute approximate surface area is 144 Å². The van der Waals surface area contributed by atoms with Crippen molar-refractivity contribution in [2.45, 2.75) is 95.2 Å². The van der Waals surface area contributed by atoms with Crippen molar-refractivity contribution in [2.75, 3.05) is 0 Å². The molecule has 0 aromatic rings. The Balaban J connectivity index is 2.12. The Morgan fingerprint density at radius 3 is 2.46 bits per heavy atom. The Morgan fingerprint density at radius 2 is 1.83 bits per heavy atom. The molecule has 1 aliphatic heterocycles. The standard InChI is InChI=1S/C18H32O6/c1-2-16-15(21)12-17(24-16)14(20)11-10-13(19)8-6-4-3-5-7-9-18(22)23/h10-11,13-17,19-21H,2-9,12H2,1H3,(H,22,23)/t13-,14-,15-,16+,17+/m0/s1. The molecule has 6 heteroatoms. The molecule has 0 amide bonds. The summed E-state index contributed by atoms with van der Waals surface area (Å²) in [6.45, 7) is 1.93. The summed E-state index contributed by atoms with van der Waals surface area (Å²) >= 11 is 0. The van der Waals surface area contributed by atoms with Crippen molar-refractivity contribution in [1.82, 2.24) is 0 Å². The van der Waals surface area contributed by atoms with Crippen LogP contribution in [-0.4, -0.2) is 56.9 Å². The van der Waals surface area contributed by atoms with E-state index in [1.54, 1.807) is 12.2 Å². The van der Waals surface area contributed by atoms with Gasteiger partial charge in [-0.05, 0) is 19.3 Å². The molecule has 0 aromatic heterocycles. The van der Waals surface area contributed by atoms with Crippen molar-refractivity contribution in [3.63, 3.8) is 0 Å². The Morgan fingerprint density at radius 1 is 1.17 bits per heavy atom. The van der Waals surface area contributed by atoms with Crippen molar-refractivity contribution in [3.05, 3.63) is 12.2 Å². The van der Waals surface area contributed by atoms with Crippen molar-refractivity contribution in [2.24, 2.45) is 0 Å². The first-order valence-electron chi connectivity index (χ1n) is 9.03. The Kier molecular flexibility index (Phi) is 10.2. The zero-order valence-electron chi connectivity index (χ0n) is 14.5. The number of aliphatic hydroxyl groups is 3. The minimum absolute atomic E-state index is 0.218. The van der Waals surface area contributed by atoms with Crippen LogP contribution in [0.15, 0.2) is 12.2 Å². The fourth-order valence-electron chi connectivity index (χ4n) is 2.97. The third-order valence-corrected chi connectivity index (χ3v) is 4.46. The van der Waals surface area contributed by atoms with Crippen molar-refractivity contribution >= 4 is 5.97 Å². The molecule has 1 fully saturated rings. The van der Waals surface area contributed by atoms with E-state index in [-0.39, 0.29) is 12.5 Å². The number of hydrogen-bond donors (Lipinski definition) is 4. The fourth-order valence-corrected chi connectivity index (χ4v) is 2.97. The van der Waals surface area contributed by atoms with E-state index in [4.69, 9.17) is 9.84 Å². The highest BCUT2D eigenvalue weighted by Gasteiger charge is 2.35. The zero-order valence-corrected chi connectivity index (χ0v) is 14.5. The lowest BCUT2D eigenvalue weighted by Gasteiger charge is -2.16. The van der Waals surface area contributed by atoms with Gasteiger partial charge in [0, 0.05) is 12.8 Å². The van der Waals surface area contributed by atoms with Crippen LogP contribution < -0.4 is 0 Å². The summed E-state index contributed by atoms with van der Waals surface area (Å²) in [4.78, 5) is 10.4. The maximum atomic E-state index is 10.4. The molecule has 0 unspecified atom stereocenters. The molecule has 140 valence electrons. The van der Waals surface area contributed by atoms with E-state index < -0.39 is 30.4 Å². The number of carboxylic acid groups (broad SMARTS) is 1. The van der Waals surface area contributed by atoms with Gasteiger partial charge in [-0.2, -0.15) is 0 Å². The fraction of sp³-hybridized carbons (Fsp3) is 0.833. The monoisotopic (exact) mass is 344 g/mol. The minimum Gasteiger partial charge on any atom is -0.481 e. The molecular formula is C18H32O6. The van der Waals surface area contributed by atoms with E-state index >= 15 is 0 Å². The van der Waals surface area contributed by atoms with Gasteiger partial charge in [-0.25, -0.2) is 0 Å². The minimum atomic E-state index is -0.818. The highest BCUT2D eigenvalue weighted by molar-refractivity contribution is 5.66. The lowest BCUT2D eigenvalue weighted by Crippen LogP contribution is -2.24. The molecule has 1 heterocycles. The van der Waals surface area contributed by atoms with Crippen molar-refractivity contribution in [1.29, 1.82) is 0 Å². The third kappa shape index (κ3) is 8.24. The first-order chi connectivity index (χ1) is 11.4. The summed E-state index contributed by atoms with van der Waals surface area (Å²) in [5.74, 6) is -0.752. The molecule has 0 spiro atoms. The molecule has 1 rings (SSSR count). The maximum Gasteiger partial charge on any atom is 0.303 e.